The Kier molecular flexibility index (Phi) is 6.71. The smallest absolute Gasteiger partial charge is 0.231 e. The molecule has 0 saturated carbocycles. The molecule has 5 nitrogen and oxygen atoms in total. The standard InChI is InChI=1S/C11H20N2O3S2/c1-9(2)11(3,8-12)13-10(14)7-17-5-6-18(4,15)16/h9H,5-7H2,1-4H3,(H,13,14)/t11-/m0/s1. The van der Waals surface area contributed by atoms with Gasteiger partial charge in [-0.1, -0.05) is 13.8 Å². The van der Waals surface area contributed by atoms with Crippen molar-refractivity contribution in [3.63, 3.8) is 0 Å². The fourth-order valence-electron chi connectivity index (χ4n) is 1.00. The van der Waals surface area contributed by atoms with Crippen LogP contribution in [-0.2, 0) is 14.6 Å². The van der Waals surface area contributed by atoms with Crippen molar-refractivity contribution in [3.05, 3.63) is 0 Å². The van der Waals surface area contributed by atoms with Crippen molar-refractivity contribution in [1.29, 1.82) is 5.26 Å². The fraction of sp³-hybridized carbons (Fsp3) is 0.818. The minimum Gasteiger partial charge on any atom is -0.337 e. The largest absolute Gasteiger partial charge is 0.337 e. The molecule has 0 aliphatic heterocycles. The Labute approximate surface area is 113 Å². The zero-order chi connectivity index (χ0) is 14.4. The van der Waals surface area contributed by atoms with Crippen LogP contribution in [0.1, 0.15) is 20.8 Å². The van der Waals surface area contributed by atoms with Gasteiger partial charge in [-0.25, -0.2) is 8.42 Å². The number of carbonyl (C=O) groups is 1. The van der Waals surface area contributed by atoms with Crippen molar-refractivity contribution < 1.29 is 13.2 Å². The molecule has 0 bridgehead atoms. The minimum atomic E-state index is -2.98. The van der Waals surface area contributed by atoms with Crippen molar-refractivity contribution in [1.82, 2.24) is 5.32 Å². The van der Waals surface area contributed by atoms with Gasteiger partial charge in [0.05, 0.1) is 17.6 Å². The van der Waals surface area contributed by atoms with Crippen LogP contribution < -0.4 is 5.32 Å². The molecule has 7 heteroatoms. The molecule has 104 valence electrons. The second-order valence-corrected chi connectivity index (χ2v) is 8.06. The molecule has 0 radical (unpaired) electrons. The van der Waals surface area contributed by atoms with Gasteiger partial charge in [-0.15, -0.1) is 0 Å². The van der Waals surface area contributed by atoms with E-state index in [2.05, 4.69) is 11.4 Å². The lowest BCUT2D eigenvalue weighted by molar-refractivity contribution is -0.120. The Bertz CT molecular complexity index is 426. The summed E-state index contributed by atoms with van der Waals surface area (Å²) in [6.07, 6.45) is 1.17. The molecule has 0 aliphatic rings. The summed E-state index contributed by atoms with van der Waals surface area (Å²) in [5, 5.41) is 11.7. The Hall–Kier alpha value is -0.740. The van der Waals surface area contributed by atoms with Crippen molar-refractivity contribution in [2.45, 2.75) is 26.3 Å². The topological polar surface area (TPSA) is 87.0 Å². The van der Waals surface area contributed by atoms with Crippen LogP contribution in [-0.4, -0.2) is 43.4 Å². The number of hydrogen-bond acceptors (Lipinski definition) is 5. The summed E-state index contributed by atoms with van der Waals surface area (Å²) in [7, 11) is -2.98. The number of nitriles is 1. The second kappa shape index (κ2) is 7.00. The molecule has 1 atom stereocenters. The quantitative estimate of drug-likeness (QED) is 0.702. The van der Waals surface area contributed by atoms with Crippen molar-refractivity contribution >= 4 is 27.5 Å². The van der Waals surface area contributed by atoms with Crippen molar-refractivity contribution in [3.8, 4) is 6.07 Å². The first-order valence-corrected chi connectivity index (χ1v) is 8.80. The summed E-state index contributed by atoms with van der Waals surface area (Å²) in [6, 6.07) is 2.09. The molecule has 0 aromatic rings. The second-order valence-electron chi connectivity index (χ2n) is 4.70. The summed E-state index contributed by atoms with van der Waals surface area (Å²) in [6.45, 7) is 5.40. The van der Waals surface area contributed by atoms with E-state index >= 15 is 0 Å². The monoisotopic (exact) mass is 292 g/mol. The predicted molar refractivity (Wildman–Crippen MR) is 74.0 cm³/mol. The summed E-state index contributed by atoms with van der Waals surface area (Å²) < 4.78 is 21.8. The first-order chi connectivity index (χ1) is 8.10. The molecule has 0 unspecified atom stereocenters. The van der Waals surface area contributed by atoms with Crippen LogP contribution in [0.25, 0.3) is 0 Å². The van der Waals surface area contributed by atoms with Crippen LogP contribution in [0.2, 0.25) is 0 Å². The van der Waals surface area contributed by atoms with Gasteiger partial charge >= 0.3 is 0 Å². The number of rotatable bonds is 7. The summed E-state index contributed by atoms with van der Waals surface area (Å²) in [4.78, 5) is 11.6. The number of nitrogens with zero attached hydrogens (tertiary/aromatic N) is 1. The van der Waals surface area contributed by atoms with Crippen LogP contribution >= 0.6 is 11.8 Å². The molecule has 0 aliphatic carbocycles. The molecule has 0 saturated heterocycles. The zero-order valence-electron chi connectivity index (χ0n) is 11.2. The number of amides is 1. The van der Waals surface area contributed by atoms with E-state index in [0.717, 1.165) is 0 Å². The third-order valence-electron chi connectivity index (χ3n) is 2.62. The third-order valence-corrected chi connectivity index (χ3v) is 4.78. The number of carbonyl (C=O) groups excluding carboxylic acids is 1. The van der Waals surface area contributed by atoms with Gasteiger partial charge < -0.3 is 5.32 Å². The fourth-order valence-corrected chi connectivity index (χ4v) is 3.09. The third kappa shape index (κ3) is 6.87. The number of thioether (sulfide) groups is 1. The van der Waals surface area contributed by atoms with Crippen LogP contribution in [0.5, 0.6) is 0 Å². The van der Waals surface area contributed by atoms with Gasteiger partial charge in [-0.3, -0.25) is 4.79 Å². The maximum atomic E-state index is 11.6. The summed E-state index contributed by atoms with van der Waals surface area (Å²) in [5.74, 6) is 0.375. The first-order valence-electron chi connectivity index (χ1n) is 5.58. The summed E-state index contributed by atoms with van der Waals surface area (Å²) >= 11 is 1.25. The van der Waals surface area contributed by atoms with Crippen molar-refractivity contribution in [2.24, 2.45) is 5.92 Å². The Morgan fingerprint density at radius 2 is 2.06 bits per heavy atom. The lowest BCUT2D eigenvalue weighted by Crippen LogP contribution is -2.49. The number of hydrogen-bond donors (Lipinski definition) is 1. The van der Waals surface area contributed by atoms with E-state index in [-0.39, 0.29) is 23.3 Å². The van der Waals surface area contributed by atoms with Crippen LogP contribution in [0.4, 0.5) is 0 Å². The van der Waals surface area contributed by atoms with E-state index in [0.29, 0.717) is 5.75 Å². The van der Waals surface area contributed by atoms with E-state index in [1.165, 1.54) is 18.0 Å². The SMILES string of the molecule is CC(C)[C@](C)(C#N)NC(=O)CSCCS(C)(=O)=O. The molecule has 18 heavy (non-hydrogen) atoms. The molecule has 0 aromatic carbocycles. The molecule has 0 aromatic heterocycles. The molecule has 0 fully saturated rings. The first kappa shape index (κ1) is 17.3. The number of nitrogens with one attached hydrogen (secondary N) is 1. The molecular formula is C11H20N2O3S2. The highest BCUT2D eigenvalue weighted by Crippen LogP contribution is 2.15. The Balaban J connectivity index is 4.10. The van der Waals surface area contributed by atoms with Crippen LogP contribution in [0, 0.1) is 17.2 Å². The van der Waals surface area contributed by atoms with Gasteiger partial charge in [-0.05, 0) is 12.8 Å². The Morgan fingerprint density at radius 3 is 2.44 bits per heavy atom. The van der Waals surface area contributed by atoms with E-state index in [9.17, 15) is 13.2 Å². The van der Waals surface area contributed by atoms with Gasteiger partial charge in [-0.2, -0.15) is 17.0 Å². The van der Waals surface area contributed by atoms with Gasteiger partial charge in [0.15, 0.2) is 0 Å². The average Bonchev–Trinajstić information content (AvgIpc) is 2.22. The number of sulfone groups is 1. The minimum absolute atomic E-state index is 0.00692. The lowest BCUT2D eigenvalue weighted by atomic mass is 9.90. The van der Waals surface area contributed by atoms with Gasteiger partial charge in [0, 0.05) is 12.0 Å². The molecule has 1 N–H and O–H groups in total. The highest BCUT2D eigenvalue weighted by atomic mass is 32.2. The van der Waals surface area contributed by atoms with Crippen LogP contribution in [0.15, 0.2) is 0 Å². The van der Waals surface area contributed by atoms with Crippen molar-refractivity contribution in [2.75, 3.05) is 23.5 Å². The van der Waals surface area contributed by atoms with E-state index in [4.69, 9.17) is 5.26 Å². The van der Waals surface area contributed by atoms with Gasteiger partial charge in [0.25, 0.3) is 0 Å². The molecule has 0 heterocycles. The highest BCUT2D eigenvalue weighted by Gasteiger charge is 2.29. The molecule has 0 rings (SSSR count). The molecular weight excluding hydrogens is 272 g/mol. The van der Waals surface area contributed by atoms with Gasteiger partial charge in [0.2, 0.25) is 5.91 Å². The van der Waals surface area contributed by atoms with E-state index in [1.54, 1.807) is 6.92 Å². The maximum absolute atomic E-state index is 11.6. The van der Waals surface area contributed by atoms with Crippen LogP contribution in [0.3, 0.4) is 0 Å². The zero-order valence-corrected chi connectivity index (χ0v) is 12.8. The summed E-state index contributed by atoms with van der Waals surface area (Å²) in [5.41, 5.74) is -0.880. The lowest BCUT2D eigenvalue weighted by Gasteiger charge is -2.27. The maximum Gasteiger partial charge on any atom is 0.231 e. The van der Waals surface area contributed by atoms with E-state index in [1.807, 2.05) is 13.8 Å². The molecule has 0 spiro atoms. The molecule has 1 amide bonds. The van der Waals surface area contributed by atoms with Gasteiger partial charge in [0.1, 0.15) is 15.4 Å². The Morgan fingerprint density at radius 1 is 1.50 bits per heavy atom. The van der Waals surface area contributed by atoms with E-state index < -0.39 is 15.4 Å². The normalized spacial score (nSPS) is 14.9. The predicted octanol–water partition coefficient (Wildman–Crippen LogP) is 0.819. The highest BCUT2D eigenvalue weighted by molar-refractivity contribution is 8.01. The average molecular weight is 292 g/mol.